The van der Waals surface area contributed by atoms with Gasteiger partial charge < -0.3 is 4.43 Å². The van der Waals surface area contributed by atoms with Crippen molar-refractivity contribution in [1.29, 1.82) is 0 Å². The zero-order valence-electron chi connectivity index (χ0n) is 14.4. The van der Waals surface area contributed by atoms with E-state index in [1.54, 1.807) is 6.92 Å². The van der Waals surface area contributed by atoms with Gasteiger partial charge >= 0.3 is 0 Å². The van der Waals surface area contributed by atoms with Crippen molar-refractivity contribution in [2.24, 2.45) is 5.92 Å². The van der Waals surface area contributed by atoms with Crippen LogP contribution in [-0.2, 0) is 15.6 Å². The molecule has 0 N–H and O–H groups in total. The number of benzene rings is 1. The van der Waals surface area contributed by atoms with Crippen LogP contribution in [0.5, 0.6) is 0 Å². The molecule has 0 amide bonds. The summed E-state index contributed by atoms with van der Waals surface area (Å²) >= 11 is 0. The Morgan fingerprint density at radius 1 is 1.19 bits per heavy atom. The highest BCUT2D eigenvalue weighted by Gasteiger charge is 2.37. The number of carbonyl (C=O) groups is 1. The standard InChI is InChI=1S/C18H30O2Si/c1-15(19)17(14-16-10-8-7-9-11-16)12-13-20-21(5,6)18(2,3)4/h7-11,17H,12-14H2,1-6H3/t17-/m0/s1. The van der Waals surface area contributed by atoms with E-state index in [9.17, 15) is 4.79 Å². The highest BCUT2D eigenvalue weighted by molar-refractivity contribution is 6.74. The van der Waals surface area contributed by atoms with Crippen LogP contribution in [0.15, 0.2) is 30.3 Å². The van der Waals surface area contributed by atoms with Crippen LogP contribution < -0.4 is 0 Å². The molecule has 0 saturated heterocycles. The number of Topliss-reactive ketones (excluding diaryl/α,β-unsaturated/α-hetero) is 1. The average Bonchev–Trinajstić information content (AvgIpc) is 2.37. The van der Waals surface area contributed by atoms with Gasteiger partial charge in [-0.05, 0) is 43.5 Å². The summed E-state index contributed by atoms with van der Waals surface area (Å²) in [6, 6.07) is 10.2. The fourth-order valence-corrected chi connectivity index (χ4v) is 3.08. The van der Waals surface area contributed by atoms with Gasteiger partial charge in [-0.3, -0.25) is 4.79 Å². The van der Waals surface area contributed by atoms with Crippen molar-refractivity contribution in [1.82, 2.24) is 0 Å². The van der Waals surface area contributed by atoms with Crippen LogP contribution in [0.25, 0.3) is 0 Å². The molecule has 21 heavy (non-hydrogen) atoms. The summed E-state index contributed by atoms with van der Waals surface area (Å²) in [6.07, 6.45) is 1.63. The molecule has 0 aliphatic carbocycles. The van der Waals surface area contributed by atoms with Crippen molar-refractivity contribution in [3.05, 3.63) is 35.9 Å². The van der Waals surface area contributed by atoms with E-state index in [1.807, 2.05) is 18.2 Å². The Morgan fingerprint density at radius 3 is 2.24 bits per heavy atom. The molecule has 1 atom stereocenters. The molecule has 118 valence electrons. The molecular formula is C18H30O2Si. The molecule has 0 spiro atoms. The van der Waals surface area contributed by atoms with Crippen LogP contribution >= 0.6 is 0 Å². The van der Waals surface area contributed by atoms with Crippen LogP contribution in [0, 0.1) is 5.92 Å². The van der Waals surface area contributed by atoms with Crippen LogP contribution in [0.2, 0.25) is 18.1 Å². The molecule has 0 aromatic heterocycles. The van der Waals surface area contributed by atoms with Crippen LogP contribution in [0.1, 0.15) is 39.7 Å². The highest BCUT2D eigenvalue weighted by Crippen LogP contribution is 2.36. The van der Waals surface area contributed by atoms with Gasteiger partial charge in [0.15, 0.2) is 8.32 Å². The van der Waals surface area contributed by atoms with Gasteiger partial charge in [-0.15, -0.1) is 0 Å². The minimum atomic E-state index is -1.71. The van der Waals surface area contributed by atoms with E-state index >= 15 is 0 Å². The Morgan fingerprint density at radius 2 is 1.76 bits per heavy atom. The molecule has 0 unspecified atom stereocenters. The third-order valence-corrected chi connectivity index (χ3v) is 9.17. The van der Waals surface area contributed by atoms with Crippen molar-refractivity contribution < 1.29 is 9.22 Å². The van der Waals surface area contributed by atoms with Crippen LogP contribution in [-0.4, -0.2) is 20.7 Å². The summed E-state index contributed by atoms with van der Waals surface area (Å²) in [5.41, 5.74) is 1.23. The maximum Gasteiger partial charge on any atom is 0.191 e. The van der Waals surface area contributed by atoms with E-state index in [4.69, 9.17) is 4.43 Å². The van der Waals surface area contributed by atoms with Gasteiger partial charge in [0, 0.05) is 12.5 Å². The molecule has 0 saturated carbocycles. The van der Waals surface area contributed by atoms with Gasteiger partial charge in [-0.25, -0.2) is 0 Å². The van der Waals surface area contributed by atoms with E-state index in [1.165, 1.54) is 5.56 Å². The molecule has 0 heterocycles. The first-order valence-corrected chi connectivity index (χ1v) is 10.7. The highest BCUT2D eigenvalue weighted by atomic mass is 28.4. The Labute approximate surface area is 131 Å². The second-order valence-corrected chi connectivity index (χ2v) is 12.2. The van der Waals surface area contributed by atoms with E-state index in [2.05, 4.69) is 46.0 Å². The van der Waals surface area contributed by atoms with Gasteiger partial charge in [0.25, 0.3) is 0 Å². The first kappa shape index (κ1) is 18.1. The normalized spacial score (nSPS) is 14.0. The Hall–Kier alpha value is -0.933. The summed E-state index contributed by atoms with van der Waals surface area (Å²) in [5.74, 6) is 0.329. The predicted molar refractivity (Wildman–Crippen MR) is 92.1 cm³/mol. The third kappa shape index (κ3) is 5.75. The fraction of sp³-hybridized carbons (Fsp3) is 0.611. The molecule has 0 fully saturated rings. The monoisotopic (exact) mass is 306 g/mol. The Kier molecular flexibility index (Phi) is 6.35. The molecule has 3 heteroatoms. The first-order valence-electron chi connectivity index (χ1n) is 7.82. The van der Waals surface area contributed by atoms with Crippen molar-refractivity contribution in [2.75, 3.05) is 6.61 Å². The molecule has 0 aliphatic heterocycles. The molecule has 0 aliphatic rings. The summed E-state index contributed by atoms with van der Waals surface area (Å²) in [4.78, 5) is 11.9. The lowest BCUT2D eigenvalue weighted by Gasteiger charge is -2.36. The first-order chi connectivity index (χ1) is 9.63. The summed E-state index contributed by atoms with van der Waals surface area (Å²) in [5, 5.41) is 0.220. The minimum Gasteiger partial charge on any atom is -0.417 e. The second kappa shape index (κ2) is 7.37. The lowest BCUT2D eigenvalue weighted by Crippen LogP contribution is -2.41. The number of carbonyl (C=O) groups excluding carboxylic acids is 1. The summed E-state index contributed by atoms with van der Waals surface area (Å²) in [6.45, 7) is 13.6. The van der Waals surface area contributed by atoms with Crippen molar-refractivity contribution in [3.8, 4) is 0 Å². The van der Waals surface area contributed by atoms with Gasteiger partial charge in [0.1, 0.15) is 5.78 Å². The number of hydrogen-bond acceptors (Lipinski definition) is 2. The van der Waals surface area contributed by atoms with E-state index in [0.29, 0.717) is 6.61 Å². The van der Waals surface area contributed by atoms with E-state index in [0.717, 1.165) is 12.8 Å². The minimum absolute atomic E-state index is 0.0668. The van der Waals surface area contributed by atoms with Gasteiger partial charge in [0.2, 0.25) is 0 Å². The van der Waals surface area contributed by atoms with Gasteiger partial charge in [-0.2, -0.15) is 0 Å². The quantitative estimate of drug-likeness (QED) is 0.673. The molecule has 1 aromatic rings. The zero-order chi connectivity index (χ0) is 16.1. The summed E-state index contributed by atoms with van der Waals surface area (Å²) in [7, 11) is -1.71. The number of ketones is 1. The second-order valence-electron chi connectivity index (χ2n) is 7.39. The number of rotatable bonds is 7. The predicted octanol–water partition coefficient (Wildman–Crippen LogP) is 4.85. The Bertz CT molecular complexity index is 446. The van der Waals surface area contributed by atoms with Crippen molar-refractivity contribution >= 4 is 14.1 Å². The maximum atomic E-state index is 11.9. The average molecular weight is 307 g/mol. The molecule has 2 nitrogen and oxygen atoms in total. The Balaban J connectivity index is 2.55. The zero-order valence-corrected chi connectivity index (χ0v) is 15.4. The van der Waals surface area contributed by atoms with Gasteiger partial charge in [-0.1, -0.05) is 51.1 Å². The topological polar surface area (TPSA) is 26.3 Å². The number of hydrogen-bond donors (Lipinski definition) is 0. The SMILES string of the molecule is CC(=O)[C@@H](CCO[Si](C)(C)C(C)(C)C)Cc1ccccc1. The summed E-state index contributed by atoms with van der Waals surface area (Å²) < 4.78 is 6.20. The fourth-order valence-electron chi connectivity index (χ4n) is 2.02. The third-order valence-electron chi connectivity index (χ3n) is 4.64. The largest absolute Gasteiger partial charge is 0.417 e. The smallest absolute Gasteiger partial charge is 0.191 e. The molecule has 1 aromatic carbocycles. The van der Waals surface area contributed by atoms with Gasteiger partial charge in [0.05, 0.1) is 0 Å². The molecule has 0 radical (unpaired) electrons. The molecular weight excluding hydrogens is 276 g/mol. The molecule has 0 bridgehead atoms. The van der Waals surface area contributed by atoms with Crippen LogP contribution in [0.3, 0.4) is 0 Å². The van der Waals surface area contributed by atoms with Crippen LogP contribution in [0.4, 0.5) is 0 Å². The van der Waals surface area contributed by atoms with E-state index in [-0.39, 0.29) is 16.7 Å². The van der Waals surface area contributed by atoms with Crippen molar-refractivity contribution in [2.45, 2.75) is 58.7 Å². The van der Waals surface area contributed by atoms with E-state index < -0.39 is 8.32 Å². The lowest BCUT2D eigenvalue weighted by atomic mass is 9.93. The van der Waals surface area contributed by atoms with Crippen molar-refractivity contribution in [3.63, 3.8) is 0 Å². The molecule has 1 rings (SSSR count). The maximum absolute atomic E-state index is 11.9. The lowest BCUT2D eigenvalue weighted by molar-refractivity contribution is -0.121.